The Kier molecular flexibility index (Phi) is 4.66. The predicted octanol–water partition coefficient (Wildman–Crippen LogP) is -0.135. The number of amides is 2. The van der Waals surface area contributed by atoms with Gasteiger partial charge in [-0.2, -0.15) is 0 Å². The molecule has 0 radical (unpaired) electrons. The summed E-state index contributed by atoms with van der Waals surface area (Å²) in [6.45, 7) is 2.32. The Morgan fingerprint density at radius 1 is 1.32 bits per heavy atom. The van der Waals surface area contributed by atoms with E-state index < -0.39 is 9.84 Å². The molecule has 142 valence electrons. The molecule has 2 amide bonds. The van der Waals surface area contributed by atoms with Crippen LogP contribution in [0.1, 0.15) is 4.28 Å². The van der Waals surface area contributed by atoms with Crippen LogP contribution in [0, 0.1) is 0 Å². The molecular weight excluding hydrogens is 348 g/mol. The molecule has 1 aliphatic heterocycles. The van der Waals surface area contributed by atoms with Gasteiger partial charge in [-0.3, -0.25) is 4.98 Å². The highest BCUT2D eigenvalue weighted by Crippen LogP contribution is 2.22. The van der Waals surface area contributed by atoms with E-state index in [4.69, 9.17) is 0 Å². The van der Waals surface area contributed by atoms with Gasteiger partial charge in [-0.1, -0.05) is 0 Å². The summed E-state index contributed by atoms with van der Waals surface area (Å²) < 4.78 is 22.2. The summed E-state index contributed by atoms with van der Waals surface area (Å²) in [5.41, 5.74) is 1.71. The lowest BCUT2D eigenvalue weighted by Gasteiger charge is -2.36. The maximum atomic E-state index is 12.1. The van der Waals surface area contributed by atoms with Crippen LogP contribution in [0.5, 0.6) is 0 Å². The summed E-state index contributed by atoms with van der Waals surface area (Å²) in [6, 6.07) is 1.56. The van der Waals surface area contributed by atoms with Gasteiger partial charge in [0.05, 0.1) is 11.4 Å². The van der Waals surface area contributed by atoms with Crippen molar-refractivity contribution in [3.8, 4) is 0 Å². The largest absolute Gasteiger partial charge is 0.366 e. The van der Waals surface area contributed by atoms with Gasteiger partial charge in [0.25, 0.3) is 0 Å². The molecule has 2 aromatic heterocycles. The zero-order chi connectivity index (χ0) is 18.0. The number of nitrogens with one attached hydrogen (secondary N) is 3. The van der Waals surface area contributed by atoms with Gasteiger partial charge < -0.3 is 20.1 Å². The quantitative estimate of drug-likeness (QED) is 0.683. The number of urea groups is 1. The van der Waals surface area contributed by atoms with Crippen molar-refractivity contribution in [3.63, 3.8) is 0 Å². The maximum Gasteiger partial charge on any atom is 0.325 e. The number of aromatic nitrogens is 3. The molecule has 11 heteroatoms. The fraction of sp³-hybridized carbons (Fsp3) is 0.500. The van der Waals surface area contributed by atoms with Crippen LogP contribution in [-0.4, -0.2) is 79.0 Å². The minimum absolute atomic E-state index is 0. The minimum Gasteiger partial charge on any atom is -0.366 e. The normalized spacial score (nSPS) is 15.6. The van der Waals surface area contributed by atoms with E-state index in [1.807, 2.05) is 6.07 Å². The number of rotatable bonds is 4. The first-order valence-electron chi connectivity index (χ1n) is 7.86. The average Bonchev–Trinajstić information content (AvgIpc) is 2.94. The highest BCUT2D eigenvalue weighted by molar-refractivity contribution is 7.90. The van der Waals surface area contributed by atoms with Gasteiger partial charge in [0, 0.05) is 49.5 Å². The van der Waals surface area contributed by atoms with Gasteiger partial charge in [-0.15, -0.1) is 0 Å². The van der Waals surface area contributed by atoms with E-state index in [2.05, 4.69) is 25.2 Å². The predicted molar refractivity (Wildman–Crippen MR) is 100.0 cm³/mol. The number of hydrogen-bond acceptors (Lipinski definition) is 6. The lowest BCUT2D eigenvalue weighted by Crippen LogP contribution is -2.52. The topological polar surface area (TPSA) is 131 Å². The van der Waals surface area contributed by atoms with Crippen LogP contribution < -0.4 is 15.9 Å². The molecule has 0 atom stereocenters. The number of anilines is 1. The number of carbonyl (C=O) groups excluding carboxylic acids is 1. The van der Waals surface area contributed by atoms with Gasteiger partial charge in [0.1, 0.15) is 15.4 Å². The zero-order valence-corrected chi connectivity index (χ0v) is 14.6. The molecule has 0 unspecified atom stereocenters. The monoisotopic (exact) mass is 374 g/mol. The lowest BCUT2D eigenvalue weighted by atomic mass is 10.2. The Balaban J connectivity index is 0.00000243. The summed E-state index contributed by atoms with van der Waals surface area (Å²) in [4.78, 5) is 36.8. The summed E-state index contributed by atoms with van der Waals surface area (Å²) in [5, 5.41) is 2.62. The molecule has 3 heterocycles. The van der Waals surface area contributed by atoms with Crippen LogP contribution in [0.15, 0.2) is 17.1 Å². The molecule has 1 saturated heterocycles. The van der Waals surface area contributed by atoms with E-state index in [1.54, 1.807) is 11.1 Å². The van der Waals surface area contributed by atoms with Gasteiger partial charge in [0.2, 0.25) is 0 Å². The molecule has 2 aromatic rings. The molecule has 0 spiro atoms. The first-order chi connectivity index (χ1) is 11.8. The molecule has 0 aromatic carbocycles. The van der Waals surface area contributed by atoms with Crippen molar-refractivity contribution in [1.29, 1.82) is 0 Å². The van der Waals surface area contributed by atoms with E-state index in [1.165, 1.54) is 0 Å². The minimum atomic E-state index is -3.09. The number of piperazine rings is 1. The fourth-order valence-electron chi connectivity index (χ4n) is 2.79. The average molecular weight is 374 g/mol. The number of imidazole rings is 1. The maximum absolute atomic E-state index is 12.1. The Morgan fingerprint density at radius 3 is 2.72 bits per heavy atom. The van der Waals surface area contributed by atoms with Gasteiger partial charge in [-0.25, -0.2) is 23.0 Å². The van der Waals surface area contributed by atoms with Crippen LogP contribution in [0.2, 0.25) is 0 Å². The third-order valence-electron chi connectivity index (χ3n) is 4.06. The van der Waals surface area contributed by atoms with Crippen LogP contribution in [0.4, 0.5) is 10.5 Å². The molecule has 25 heavy (non-hydrogen) atoms. The number of sulfone groups is 1. The molecule has 1 fully saturated rings. The third kappa shape index (κ3) is 4.10. The number of carbonyl (C=O) groups is 1. The van der Waals surface area contributed by atoms with E-state index in [0.717, 1.165) is 11.9 Å². The molecule has 0 saturated carbocycles. The number of fused-ring (bicyclic) bond motifs is 1. The highest BCUT2D eigenvalue weighted by atomic mass is 32.2. The zero-order valence-electron chi connectivity index (χ0n) is 13.8. The van der Waals surface area contributed by atoms with Crippen molar-refractivity contribution in [3.05, 3.63) is 22.7 Å². The van der Waals surface area contributed by atoms with E-state index in [-0.39, 0.29) is 28.3 Å². The van der Waals surface area contributed by atoms with Crippen LogP contribution in [0.3, 0.4) is 0 Å². The van der Waals surface area contributed by atoms with Crippen LogP contribution in [-0.2, 0) is 9.84 Å². The fourth-order valence-corrected chi connectivity index (χ4v) is 3.26. The molecular formula is C14H26N6O4S. The Bertz CT molecular complexity index is 940. The van der Waals surface area contributed by atoms with Crippen molar-refractivity contribution in [2.24, 2.45) is 0 Å². The molecule has 10 nitrogen and oxygen atoms in total. The SMILES string of the molecule is CS(=O)(=O)CCNC(=O)N1CCN(c2ccnc3[nH]c(=O)[nH]c23)CC1.[HH].[HH].[HH]. The Morgan fingerprint density at radius 2 is 2.04 bits per heavy atom. The van der Waals surface area contributed by atoms with Gasteiger partial charge in [-0.05, 0) is 6.07 Å². The van der Waals surface area contributed by atoms with Crippen molar-refractivity contribution >= 4 is 32.7 Å². The van der Waals surface area contributed by atoms with E-state index >= 15 is 0 Å². The van der Waals surface area contributed by atoms with Gasteiger partial charge >= 0.3 is 11.7 Å². The number of pyridine rings is 1. The summed E-state index contributed by atoms with van der Waals surface area (Å²) >= 11 is 0. The van der Waals surface area contributed by atoms with Crippen LogP contribution >= 0.6 is 0 Å². The summed E-state index contributed by atoms with van der Waals surface area (Å²) in [7, 11) is -3.09. The second-order valence-corrected chi connectivity index (χ2v) is 8.23. The smallest absolute Gasteiger partial charge is 0.325 e. The van der Waals surface area contributed by atoms with E-state index in [0.29, 0.717) is 37.3 Å². The second-order valence-electron chi connectivity index (χ2n) is 5.97. The van der Waals surface area contributed by atoms with Crippen LogP contribution in [0.25, 0.3) is 11.2 Å². The highest BCUT2D eigenvalue weighted by Gasteiger charge is 2.23. The van der Waals surface area contributed by atoms with Crippen molar-refractivity contribution in [2.75, 3.05) is 49.6 Å². The number of nitrogens with zero attached hydrogens (tertiary/aromatic N) is 3. The summed E-state index contributed by atoms with van der Waals surface area (Å²) in [5.74, 6) is -0.0748. The van der Waals surface area contributed by atoms with Gasteiger partial charge in [0.15, 0.2) is 5.65 Å². The molecule has 1 aliphatic rings. The first-order valence-corrected chi connectivity index (χ1v) is 9.92. The standard InChI is InChI=1S/C14H20N6O4S.3H2/c1-25(23,24)9-4-16-14(22)20-7-5-19(6-8-20)10-2-3-15-12-11(10)17-13(21)18-12;;;/h2-3H,4-9H2,1H3,(H,16,22)(H2,15,17,18,21);3*1H. The number of aromatic amines is 2. The number of H-pyrrole nitrogens is 2. The molecule has 3 N–H and O–H groups in total. The van der Waals surface area contributed by atoms with Crippen molar-refractivity contribution in [2.45, 2.75) is 0 Å². The lowest BCUT2D eigenvalue weighted by molar-refractivity contribution is 0.195. The number of hydrogen-bond donors (Lipinski definition) is 3. The van der Waals surface area contributed by atoms with Crippen molar-refractivity contribution < 1.29 is 17.5 Å². The van der Waals surface area contributed by atoms with Crippen molar-refractivity contribution in [1.82, 2.24) is 25.2 Å². The molecule has 0 bridgehead atoms. The first kappa shape index (κ1) is 17.3. The molecule has 3 rings (SSSR count). The Labute approximate surface area is 148 Å². The van der Waals surface area contributed by atoms with E-state index in [9.17, 15) is 18.0 Å². The Hall–Kier alpha value is -2.56. The summed E-state index contributed by atoms with van der Waals surface area (Å²) in [6.07, 6.45) is 2.77. The third-order valence-corrected chi connectivity index (χ3v) is 5.00. The second kappa shape index (κ2) is 6.75. The molecule has 0 aliphatic carbocycles.